The Morgan fingerprint density at radius 2 is 1.73 bits per heavy atom. The van der Waals surface area contributed by atoms with Crippen molar-refractivity contribution in [2.45, 2.75) is 39.2 Å². The van der Waals surface area contributed by atoms with Gasteiger partial charge in [-0.25, -0.2) is 9.97 Å². The Balaban J connectivity index is 2.24. The number of nitrogens with zero attached hydrogens (tertiary/aromatic N) is 3. The monoisotopic (exact) mass is 299 g/mol. The second-order valence-corrected chi connectivity index (χ2v) is 6.55. The molecular formula is C18H25N3O. The lowest BCUT2D eigenvalue weighted by Crippen LogP contribution is -2.25. The quantitative estimate of drug-likeness (QED) is 0.856. The SMILES string of the molecule is COc1ccc(C(C)N(C)c2ccnc(C(C)(C)C)n2)cc1. The van der Waals surface area contributed by atoms with Crippen molar-refractivity contribution in [3.05, 3.63) is 47.9 Å². The van der Waals surface area contributed by atoms with Crippen molar-refractivity contribution in [3.8, 4) is 5.75 Å². The second-order valence-electron chi connectivity index (χ2n) is 6.55. The van der Waals surface area contributed by atoms with Gasteiger partial charge in [-0.05, 0) is 30.7 Å². The molecule has 0 aliphatic carbocycles. The summed E-state index contributed by atoms with van der Waals surface area (Å²) in [5, 5.41) is 0. The molecule has 0 bridgehead atoms. The van der Waals surface area contributed by atoms with Crippen LogP contribution in [-0.4, -0.2) is 24.1 Å². The minimum Gasteiger partial charge on any atom is -0.497 e. The maximum absolute atomic E-state index is 5.21. The highest BCUT2D eigenvalue weighted by atomic mass is 16.5. The molecule has 1 atom stereocenters. The van der Waals surface area contributed by atoms with Gasteiger partial charge in [0.1, 0.15) is 17.4 Å². The van der Waals surface area contributed by atoms with Gasteiger partial charge in [0.05, 0.1) is 13.2 Å². The van der Waals surface area contributed by atoms with Crippen LogP contribution in [-0.2, 0) is 5.41 Å². The van der Waals surface area contributed by atoms with E-state index in [9.17, 15) is 0 Å². The minimum absolute atomic E-state index is 0.0554. The highest BCUT2D eigenvalue weighted by Gasteiger charge is 2.20. The lowest BCUT2D eigenvalue weighted by Gasteiger charge is -2.27. The van der Waals surface area contributed by atoms with Crippen LogP contribution in [0.3, 0.4) is 0 Å². The molecule has 1 heterocycles. The highest BCUT2D eigenvalue weighted by Crippen LogP contribution is 2.27. The average molecular weight is 299 g/mol. The second kappa shape index (κ2) is 6.34. The molecule has 2 aromatic rings. The normalized spacial score (nSPS) is 12.8. The van der Waals surface area contributed by atoms with Crippen molar-refractivity contribution in [1.82, 2.24) is 9.97 Å². The zero-order chi connectivity index (χ0) is 16.3. The fourth-order valence-electron chi connectivity index (χ4n) is 2.21. The Hall–Kier alpha value is -2.10. The summed E-state index contributed by atoms with van der Waals surface area (Å²) in [6.07, 6.45) is 1.83. The van der Waals surface area contributed by atoms with E-state index in [1.165, 1.54) is 5.56 Å². The first-order chi connectivity index (χ1) is 10.3. The standard InChI is InChI=1S/C18H25N3O/c1-13(14-7-9-15(22-6)10-8-14)21(5)16-11-12-19-17(20-16)18(2,3)4/h7-13H,1-6H3. The van der Waals surface area contributed by atoms with Crippen LogP contribution < -0.4 is 9.64 Å². The smallest absolute Gasteiger partial charge is 0.135 e. The van der Waals surface area contributed by atoms with E-state index in [4.69, 9.17) is 9.72 Å². The predicted octanol–water partition coefficient (Wildman–Crippen LogP) is 3.98. The summed E-state index contributed by atoms with van der Waals surface area (Å²) in [5.74, 6) is 2.66. The van der Waals surface area contributed by atoms with Crippen molar-refractivity contribution < 1.29 is 4.74 Å². The van der Waals surface area contributed by atoms with E-state index in [1.54, 1.807) is 7.11 Å². The third kappa shape index (κ3) is 3.56. The minimum atomic E-state index is -0.0554. The van der Waals surface area contributed by atoms with Crippen LogP contribution in [0.2, 0.25) is 0 Å². The zero-order valence-electron chi connectivity index (χ0n) is 14.3. The summed E-state index contributed by atoms with van der Waals surface area (Å²) in [6.45, 7) is 8.54. The van der Waals surface area contributed by atoms with Crippen LogP contribution >= 0.6 is 0 Å². The first-order valence-corrected chi connectivity index (χ1v) is 7.53. The summed E-state index contributed by atoms with van der Waals surface area (Å²) in [4.78, 5) is 11.3. The number of methoxy groups -OCH3 is 1. The van der Waals surface area contributed by atoms with Crippen molar-refractivity contribution in [2.75, 3.05) is 19.1 Å². The summed E-state index contributed by atoms with van der Waals surface area (Å²) in [6, 6.07) is 10.3. The summed E-state index contributed by atoms with van der Waals surface area (Å²) in [7, 11) is 3.74. The molecule has 0 aliphatic heterocycles. The molecule has 0 N–H and O–H groups in total. The summed E-state index contributed by atoms with van der Waals surface area (Å²) in [5.41, 5.74) is 1.17. The third-order valence-corrected chi connectivity index (χ3v) is 3.85. The van der Waals surface area contributed by atoms with Crippen molar-refractivity contribution in [1.29, 1.82) is 0 Å². The number of ether oxygens (including phenoxy) is 1. The van der Waals surface area contributed by atoms with Gasteiger partial charge >= 0.3 is 0 Å². The molecule has 22 heavy (non-hydrogen) atoms. The topological polar surface area (TPSA) is 38.2 Å². The fourth-order valence-corrected chi connectivity index (χ4v) is 2.21. The Morgan fingerprint density at radius 1 is 1.09 bits per heavy atom. The molecule has 0 radical (unpaired) electrons. The molecule has 0 aliphatic rings. The molecule has 1 aromatic heterocycles. The molecule has 1 aromatic carbocycles. The molecule has 0 spiro atoms. The van der Waals surface area contributed by atoms with Gasteiger partial charge in [0.2, 0.25) is 0 Å². The highest BCUT2D eigenvalue weighted by molar-refractivity contribution is 5.42. The third-order valence-electron chi connectivity index (χ3n) is 3.85. The van der Waals surface area contributed by atoms with Crippen LogP contribution in [0.5, 0.6) is 5.75 Å². The molecule has 118 valence electrons. The molecule has 0 saturated heterocycles. The van der Waals surface area contributed by atoms with Crippen LogP contribution in [0.4, 0.5) is 5.82 Å². The van der Waals surface area contributed by atoms with Crippen LogP contribution in [0.15, 0.2) is 36.5 Å². The van der Waals surface area contributed by atoms with Crippen molar-refractivity contribution in [2.24, 2.45) is 0 Å². The largest absolute Gasteiger partial charge is 0.497 e. The molecule has 1 unspecified atom stereocenters. The number of benzene rings is 1. The van der Waals surface area contributed by atoms with Crippen molar-refractivity contribution in [3.63, 3.8) is 0 Å². The lowest BCUT2D eigenvalue weighted by molar-refractivity contribution is 0.414. The van der Waals surface area contributed by atoms with Gasteiger partial charge < -0.3 is 9.64 Å². The van der Waals surface area contributed by atoms with Crippen LogP contribution in [0.1, 0.15) is 45.1 Å². The Morgan fingerprint density at radius 3 is 2.27 bits per heavy atom. The van der Waals surface area contributed by atoms with E-state index in [2.05, 4.69) is 56.8 Å². The van der Waals surface area contributed by atoms with Gasteiger partial charge in [-0.15, -0.1) is 0 Å². The maximum atomic E-state index is 5.21. The Labute approximate surface area is 133 Å². The van der Waals surface area contributed by atoms with Crippen molar-refractivity contribution >= 4 is 5.82 Å². The van der Waals surface area contributed by atoms with Gasteiger partial charge in [-0.2, -0.15) is 0 Å². The molecule has 4 heteroatoms. The van der Waals surface area contributed by atoms with Gasteiger partial charge in [-0.1, -0.05) is 32.9 Å². The first-order valence-electron chi connectivity index (χ1n) is 7.53. The molecule has 0 amide bonds. The van der Waals surface area contributed by atoms with Crippen LogP contribution in [0.25, 0.3) is 0 Å². The lowest BCUT2D eigenvalue weighted by atomic mass is 9.96. The van der Waals surface area contributed by atoms with Gasteiger partial charge in [0.25, 0.3) is 0 Å². The average Bonchev–Trinajstić information content (AvgIpc) is 2.53. The molecule has 2 rings (SSSR count). The number of anilines is 1. The van der Waals surface area contributed by atoms with Gasteiger partial charge in [-0.3, -0.25) is 0 Å². The zero-order valence-corrected chi connectivity index (χ0v) is 14.3. The van der Waals surface area contributed by atoms with E-state index < -0.39 is 0 Å². The van der Waals surface area contributed by atoms with Gasteiger partial charge in [0.15, 0.2) is 0 Å². The summed E-state index contributed by atoms with van der Waals surface area (Å²) >= 11 is 0. The van der Waals surface area contributed by atoms with E-state index in [-0.39, 0.29) is 11.5 Å². The van der Waals surface area contributed by atoms with E-state index >= 15 is 0 Å². The summed E-state index contributed by atoms with van der Waals surface area (Å²) < 4.78 is 5.21. The molecular weight excluding hydrogens is 274 g/mol. The Kier molecular flexibility index (Phi) is 4.69. The van der Waals surface area contributed by atoms with Gasteiger partial charge in [0, 0.05) is 18.7 Å². The molecule has 0 saturated carbocycles. The Bertz CT molecular complexity index is 617. The van der Waals surface area contributed by atoms with E-state index in [0.29, 0.717) is 0 Å². The number of hydrogen-bond donors (Lipinski definition) is 0. The van der Waals surface area contributed by atoms with Crippen LogP contribution in [0, 0.1) is 0 Å². The molecule has 0 fully saturated rings. The maximum Gasteiger partial charge on any atom is 0.135 e. The number of rotatable bonds is 4. The molecule has 4 nitrogen and oxygen atoms in total. The first kappa shape index (κ1) is 16.3. The van der Waals surface area contributed by atoms with E-state index in [0.717, 1.165) is 17.4 Å². The number of aromatic nitrogens is 2. The number of hydrogen-bond acceptors (Lipinski definition) is 4. The fraction of sp³-hybridized carbons (Fsp3) is 0.444. The van der Waals surface area contributed by atoms with E-state index in [1.807, 2.05) is 24.4 Å². The predicted molar refractivity (Wildman–Crippen MR) is 90.5 cm³/mol.